The maximum Gasteiger partial charge on any atom is 0.0174 e. The van der Waals surface area contributed by atoms with E-state index in [2.05, 4.69) is 29.8 Å². The Morgan fingerprint density at radius 2 is 1.93 bits per heavy atom. The van der Waals surface area contributed by atoms with Gasteiger partial charge in [-0.05, 0) is 31.1 Å². The van der Waals surface area contributed by atoms with Gasteiger partial charge in [0, 0.05) is 4.83 Å². The maximum atomic E-state index is 3.88. The molecule has 3 atom stereocenters. The predicted molar refractivity (Wildman–Crippen MR) is 68.0 cm³/mol. The van der Waals surface area contributed by atoms with Gasteiger partial charge in [0.1, 0.15) is 0 Å². The molecule has 0 radical (unpaired) electrons. The van der Waals surface area contributed by atoms with Crippen LogP contribution in [0.4, 0.5) is 0 Å². The minimum atomic E-state index is 0.810. The van der Waals surface area contributed by atoms with Gasteiger partial charge in [0.2, 0.25) is 0 Å². The van der Waals surface area contributed by atoms with Crippen molar-refractivity contribution in [2.24, 2.45) is 11.8 Å². The Balaban J connectivity index is 2.32. The lowest BCUT2D eigenvalue weighted by Gasteiger charge is -2.23. The van der Waals surface area contributed by atoms with Crippen LogP contribution in [0, 0.1) is 11.8 Å². The monoisotopic (exact) mass is 260 g/mol. The Bertz CT molecular complexity index is 144. The Hall–Kier alpha value is 0.480. The summed E-state index contributed by atoms with van der Waals surface area (Å²) in [6, 6.07) is 0. The van der Waals surface area contributed by atoms with Crippen molar-refractivity contribution in [2.45, 2.75) is 70.0 Å². The summed E-state index contributed by atoms with van der Waals surface area (Å²) in [7, 11) is 0. The summed E-state index contributed by atoms with van der Waals surface area (Å²) in [5.74, 6) is 1.89. The van der Waals surface area contributed by atoms with E-state index in [-0.39, 0.29) is 0 Å². The van der Waals surface area contributed by atoms with Crippen LogP contribution in [-0.4, -0.2) is 4.83 Å². The molecule has 1 aliphatic carbocycles. The highest BCUT2D eigenvalue weighted by Crippen LogP contribution is 2.33. The average Bonchev–Trinajstić information content (AvgIpc) is 2.33. The van der Waals surface area contributed by atoms with E-state index < -0.39 is 0 Å². The second-order valence-electron chi connectivity index (χ2n) is 5.04. The Morgan fingerprint density at radius 1 is 1.21 bits per heavy atom. The molecule has 0 aromatic carbocycles. The normalized spacial score (nSPS) is 31.1. The van der Waals surface area contributed by atoms with E-state index in [1.165, 1.54) is 51.4 Å². The van der Waals surface area contributed by atoms with E-state index in [1.54, 1.807) is 0 Å². The molecule has 0 spiro atoms. The van der Waals surface area contributed by atoms with Crippen molar-refractivity contribution in [3.63, 3.8) is 0 Å². The number of hydrogen-bond acceptors (Lipinski definition) is 0. The van der Waals surface area contributed by atoms with Crippen LogP contribution < -0.4 is 0 Å². The SMILES string of the molecule is CCCC(C)CC1CCCCCC1Br. The van der Waals surface area contributed by atoms with Crippen LogP contribution in [0.15, 0.2) is 0 Å². The summed E-state index contributed by atoms with van der Waals surface area (Å²) in [5.41, 5.74) is 0. The predicted octanol–water partition coefficient (Wildman–Crippen LogP) is 5.16. The van der Waals surface area contributed by atoms with E-state index in [0.717, 1.165) is 16.7 Å². The van der Waals surface area contributed by atoms with Crippen LogP contribution in [0.2, 0.25) is 0 Å². The summed E-state index contributed by atoms with van der Waals surface area (Å²) in [6.45, 7) is 4.73. The first kappa shape index (κ1) is 12.5. The van der Waals surface area contributed by atoms with Crippen molar-refractivity contribution in [3.05, 3.63) is 0 Å². The van der Waals surface area contributed by atoms with Crippen molar-refractivity contribution in [1.82, 2.24) is 0 Å². The molecule has 3 unspecified atom stereocenters. The zero-order valence-electron chi connectivity index (χ0n) is 9.77. The highest BCUT2D eigenvalue weighted by Gasteiger charge is 2.22. The first-order valence-electron chi connectivity index (χ1n) is 6.38. The van der Waals surface area contributed by atoms with E-state index in [9.17, 15) is 0 Å². The molecular weight excluding hydrogens is 236 g/mol. The summed E-state index contributed by atoms with van der Waals surface area (Å²) in [5, 5.41) is 0. The van der Waals surface area contributed by atoms with Gasteiger partial charge in [-0.3, -0.25) is 0 Å². The van der Waals surface area contributed by atoms with Crippen LogP contribution in [0.1, 0.15) is 65.2 Å². The third-order valence-corrected chi connectivity index (χ3v) is 4.76. The van der Waals surface area contributed by atoms with Crippen LogP contribution >= 0.6 is 15.9 Å². The lowest BCUT2D eigenvalue weighted by Crippen LogP contribution is -2.16. The van der Waals surface area contributed by atoms with Gasteiger partial charge in [-0.1, -0.05) is 61.9 Å². The maximum absolute atomic E-state index is 3.88. The number of hydrogen-bond donors (Lipinski definition) is 0. The van der Waals surface area contributed by atoms with E-state index in [1.807, 2.05) is 0 Å². The van der Waals surface area contributed by atoms with Crippen LogP contribution in [-0.2, 0) is 0 Å². The van der Waals surface area contributed by atoms with Crippen molar-refractivity contribution in [3.8, 4) is 0 Å². The highest BCUT2D eigenvalue weighted by molar-refractivity contribution is 9.09. The second kappa shape index (κ2) is 6.87. The smallest absolute Gasteiger partial charge is 0.0174 e. The quantitative estimate of drug-likeness (QED) is 0.484. The number of rotatable bonds is 4. The molecule has 1 aliphatic rings. The fraction of sp³-hybridized carbons (Fsp3) is 1.00. The molecule has 0 aromatic rings. The molecule has 84 valence electrons. The third kappa shape index (κ3) is 4.33. The summed E-state index contributed by atoms with van der Waals surface area (Å²) in [6.07, 6.45) is 11.4. The molecule has 1 saturated carbocycles. The van der Waals surface area contributed by atoms with Gasteiger partial charge < -0.3 is 0 Å². The van der Waals surface area contributed by atoms with Crippen molar-refractivity contribution >= 4 is 15.9 Å². The molecule has 0 nitrogen and oxygen atoms in total. The van der Waals surface area contributed by atoms with Crippen molar-refractivity contribution in [2.75, 3.05) is 0 Å². The fourth-order valence-corrected chi connectivity index (χ4v) is 3.54. The molecule has 1 heteroatoms. The molecule has 0 heterocycles. The summed E-state index contributed by atoms with van der Waals surface area (Å²) >= 11 is 3.88. The highest BCUT2D eigenvalue weighted by atomic mass is 79.9. The van der Waals surface area contributed by atoms with Crippen molar-refractivity contribution < 1.29 is 0 Å². The van der Waals surface area contributed by atoms with Crippen LogP contribution in [0.3, 0.4) is 0 Å². The lowest BCUT2D eigenvalue weighted by atomic mass is 9.88. The molecule has 1 rings (SSSR count). The molecule has 0 saturated heterocycles. The molecule has 0 amide bonds. The Morgan fingerprint density at radius 3 is 2.64 bits per heavy atom. The minimum absolute atomic E-state index is 0.810. The third-order valence-electron chi connectivity index (χ3n) is 3.55. The zero-order chi connectivity index (χ0) is 10.4. The summed E-state index contributed by atoms with van der Waals surface area (Å²) in [4.78, 5) is 0.810. The Kier molecular flexibility index (Phi) is 6.16. The minimum Gasteiger partial charge on any atom is -0.0888 e. The first-order valence-corrected chi connectivity index (χ1v) is 7.29. The molecule has 14 heavy (non-hydrogen) atoms. The van der Waals surface area contributed by atoms with Gasteiger partial charge >= 0.3 is 0 Å². The summed E-state index contributed by atoms with van der Waals surface area (Å²) < 4.78 is 0. The van der Waals surface area contributed by atoms with E-state index in [4.69, 9.17) is 0 Å². The van der Waals surface area contributed by atoms with Crippen LogP contribution in [0.25, 0.3) is 0 Å². The van der Waals surface area contributed by atoms with Gasteiger partial charge in [0.25, 0.3) is 0 Å². The molecule has 0 aromatic heterocycles. The second-order valence-corrected chi connectivity index (χ2v) is 6.22. The molecule has 0 bridgehead atoms. The molecule has 1 fully saturated rings. The van der Waals surface area contributed by atoms with Crippen molar-refractivity contribution in [1.29, 1.82) is 0 Å². The van der Waals surface area contributed by atoms with Gasteiger partial charge in [-0.15, -0.1) is 0 Å². The fourth-order valence-electron chi connectivity index (χ4n) is 2.73. The number of halogens is 1. The zero-order valence-corrected chi connectivity index (χ0v) is 11.4. The largest absolute Gasteiger partial charge is 0.0888 e. The number of alkyl halides is 1. The topological polar surface area (TPSA) is 0 Å². The van der Waals surface area contributed by atoms with Gasteiger partial charge in [0.05, 0.1) is 0 Å². The first-order chi connectivity index (χ1) is 6.74. The lowest BCUT2D eigenvalue weighted by molar-refractivity contribution is 0.350. The van der Waals surface area contributed by atoms with Gasteiger partial charge in [0.15, 0.2) is 0 Å². The molecule has 0 aliphatic heterocycles. The van der Waals surface area contributed by atoms with Gasteiger partial charge in [-0.25, -0.2) is 0 Å². The molecular formula is C13H25Br. The van der Waals surface area contributed by atoms with E-state index >= 15 is 0 Å². The Labute approximate surface area is 98.0 Å². The average molecular weight is 261 g/mol. The van der Waals surface area contributed by atoms with Crippen LogP contribution in [0.5, 0.6) is 0 Å². The molecule has 0 N–H and O–H groups in total. The standard InChI is InChI=1S/C13H25Br/c1-3-7-11(2)10-12-8-5-4-6-9-13(12)14/h11-13H,3-10H2,1-2H3. The van der Waals surface area contributed by atoms with E-state index in [0.29, 0.717) is 0 Å². The van der Waals surface area contributed by atoms with Gasteiger partial charge in [-0.2, -0.15) is 0 Å².